The Labute approximate surface area is 170 Å². The normalized spacial score (nSPS) is 22.2. The van der Waals surface area contributed by atoms with Gasteiger partial charge in [-0.2, -0.15) is 0 Å². The standard InChI is InChI=1S/C22H29N3O2S/c1-2-12-25-21(27)18-9-5-6-10-19(18)23-22(25)28-15-20(26)24-13-11-16-7-3-4-8-17(16)14-24/h5-6,9-10,16-17H,2-4,7-8,11-15H2,1H3/t16-,17-/m0/s1. The van der Waals surface area contributed by atoms with Gasteiger partial charge >= 0.3 is 0 Å². The molecule has 28 heavy (non-hydrogen) atoms. The monoisotopic (exact) mass is 399 g/mol. The number of benzene rings is 1. The van der Waals surface area contributed by atoms with Gasteiger partial charge in [-0.1, -0.05) is 50.1 Å². The van der Waals surface area contributed by atoms with Crippen molar-refractivity contribution < 1.29 is 4.79 Å². The molecule has 0 radical (unpaired) electrons. The average Bonchev–Trinajstić information content (AvgIpc) is 2.74. The van der Waals surface area contributed by atoms with Gasteiger partial charge in [-0.25, -0.2) is 4.98 Å². The van der Waals surface area contributed by atoms with Crippen LogP contribution in [-0.4, -0.2) is 39.2 Å². The minimum absolute atomic E-state index is 0.00887. The van der Waals surface area contributed by atoms with Gasteiger partial charge in [0.1, 0.15) is 0 Å². The first-order valence-corrected chi connectivity index (χ1v) is 11.6. The van der Waals surface area contributed by atoms with E-state index in [0.717, 1.165) is 31.8 Å². The zero-order chi connectivity index (χ0) is 19.5. The minimum Gasteiger partial charge on any atom is -0.342 e. The molecule has 1 aliphatic carbocycles. The van der Waals surface area contributed by atoms with Crippen LogP contribution < -0.4 is 5.56 Å². The highest BCUT2D eigenvalue weighted by Crippen LogP contribution is 2.36. The topological polar surface area (TPSA) is 55.2 Å². The van der Waals surface area contributed by atoms with Gasteiger partial charge in [-0.05, 0) is 43.2 Å². The predicted octanol–water partition coefficient (Wildman–Crippen LogP) is 3.94. The molecule has 2 heterocycles. The summed E-state index contributed by atoms with van der Waals surface area (Å²) in [5.74, 6) is 2.04. The Bertz CT molecular complexity index is 910. The van der Waals surface area contributed by atoms with E-state index in [2.05, 4.69) is 6.92 Å². The van der Waals surface area contributed by atoms with Crippen LogP contribution in [-0.2, 0) is 11.3 Å². The molecule has 1 aliphatic heterocycles. The summed E-state index contributed by atoms with van der Waals surface area (Å²) in [4.78, 5) is 32.4. The quantitative estimate of drug-likeness (QED) is 0.564. The summed E-state index contributed by atoms with van der Waals surface area (Å²) in [6.45, 7) is 4.47. The van der Waals surface area contributed by atoms with Crippen LogP contribution in [0.25, 0.3) is 10.9 Å². The predicted molar refractivity (Wildman–Crippen MR) is 114 cm³/mol. The van der Waals surface area contributed by atoms with Gasteiger partial charge in [0.15, 0.2) is 5.16 Å². The van der Waals surface area contributed by atoms with Gasteiger partial charge in [0.2, 0.25) is 5.91 Å². The Kier molecular flexibility index (Phi) is 6.04. The van der Waals surface area contributed by atoms with E-state index >= 15 is 0 Å². The number of aromatic nitrogens is 2. The molecule has 0 spiro atoms. The molecule has 5 nitrogen and oxygen atoms in total. The first-order valence-electron chi connectivity index (χ1n) is 10.6. The maximum Gasteiger partial charge on any atom is 0.262 e. The van der Waals surface area contributed by atoms with Crippen LogP contribution in [0.3, 0.4) is 0 Å². The SMILES string of the molecule is CCCn1c(SCC(=O)N2CC[C@@H]3CCCC[C@H]3C2)nc2ccccc2c1=O. The molecule has 2 aromatic rings. The fraction of sp³-hybridized carbons (Fsp3) is 0.591. The van der Waals surface area contributed by atoms with E-state index in [0.29, 0.717) is 34.3 Å². The first kappa shape index (κ1) is 19.5. The van der Waals surface area contributed by atoms with Crippen LogP contribution in [0.5, 0.6) is 0 Å². The molecule has 0 unspecified atom stereocenters. The number of likely N-dealkylation sites (tertiary alicyclic amines) is 1. The van der Waals surface area contributed by atoms with Gasteiger partial charge < -0.3 is 4.90 Å². The summed E-state index contributed by atoms with van der Waals surface area (Å²) >= 11 is 1.41. The molecule has 1 saturated carbocycles. The maximum atomic E-state index is 12.9. The number of hydrogen-bond acceptors (Lipinski definition) is 4. The highest BCUT2D eigenvalue weighted by Gasteiger charge is 2.32. The number of rotatable bonds is 5. The lowest BCUT2D eigenvalue weighted by Crippen LogP contribution is -2.45. The molecule has 2 fully saturated rings. The number of carbonyl (C=O) groups excluding carboxylic acids is 1. The molecule has 1 aromatic carbocycles. The molecule has 6 heteroatoms. The largest absolute Gasteiger partial charge is 0.342 e. The van der Waals surface area contributed by atoms with Crippen molar-refractivity contribution in [2.24, 2.45) is 11.8 Å². The fourth-order valence-corrected chi connectivity index (χ4v) is 5.65. The number of nitrogens with zero attached hydrogens (tertiary/aromatic N) is 3. The Morgan fingerprint density at radius 1 is 1.18 bits per heavy atom. The molecule has 0 N–H and O–H groups in total. The Morgan fingerprint density at radius 3 is 2.79 bits per heavy atom. The molecule has 1 amide bonds. The smallest absolute Gasteiger partial charge is 0.262 e. The molecule has 1 saturated heterocycles. The lowest BCUT2D eigenvalue weighted by molar-refractivity contribution is -0.131. The van der Waals surface area contributed by atoms with Crippen molar-refractivity contribution in [1.29, 1.82) is 0 Å². The fourth-order valence-electron chi connectivity index (χ4n) is 4.72. The number of para-hydroxylation sites is 1. The third-order valence-corrected chi connectivity index (χ3v) is 7.20. The third-order valence-electron chi connectivity index (χ3n) is 6.24. The van der Waals surface area contributed by atoms with Gasteiger partial charge in [0, 0.05) is 19.6 Å². The van der Waals surface area contributed by atoms with Gasteiger partial charge in [-0.3, -0.25) is 14.2 Å². The summed E-state index contributed by atoms with van der Waals surface area (Å²) < 4.78 is 1.73. The van der Waals surface area contributed by atoms with E-state index in [9.17, 15) is 9.59 Å². The molecule has 2 atom stereocenters. The van der Waals surface area contributed by atoms with E-state index in [-0.39, 0.29) is 11.5 Å². The van der Waals surface area contributed by atoms with Crippen molar-refractivity contribution >= 4 is 28.6 Å². The second-order valence-corrected chi connectivity index (χ2v) is 9.03. The Hall–Kier alpha value is -1.82. The average molecular weight is 400 g/mol. The number of carbonyl (C=O) groups is 1. The Morgan fingerprint density at radius 2 is 1.96 bits per heavy atom. The van der Waals surface area contributed by atoms with Gasteiger partial charge in [0.25, 0.3) is 5.56 Å². The van der Waals surface area contributed by atoms with Crippen LogP contribution in [0, 0.1) is 11.8 Å². The zero-order valence-electron chi connectivity index (χ0n) is 16.6. The molecule has 0 bridgehead atoms. The number of amides is 1. The molecular weight excluding hydrogens is 370 g/mol. The summed E-state index contributed by atoms with van der Waals surface area (Å²) in [5, 5.41) is 1.30. The van der Waals surface area contributed by atoms with Crippen molar-refractivity contribution in [3.05, 3.63) is 34.6 Å². The summed E-state index contributed by atoms with van der Waals surface area (Å²) in [6.07, 6.45) is 7.28. The number of thioether (sulfide) groups is 1. The van der Waals surface area contributed by atoms with Crippen molar-refractivity contribution in [1.82, 2.24) is 14.5 Å². The van der Waals surface area contributed by atoms with Crippen LogP contribution in [0.1, 0.15) is 45.4 Å². The maximum absolute atomic E-state index is 12.9. The third kappa shape index (κ3) is 3.97. The molecule has 4 rings (SSSR count). The lowest BCUT2D eigenvalue weighted by Gasteiger charge is -2.41. The van der Waals surface area contributed by atoms with Crippen molar-refractivity contribution in [2.75, 3.05) is 18.8 Å². The van der Waals surface area contributed by atoms with Gasteiger partial charge in [0.05, 0.1) is 16.7 Å². The second kappa shape index (κ2) is 8.68. The van der Waals surface area contributed by atoms with E-state index in [1.807, 2.05) is 29.2 Å². The molecule has 1 aromatic heterocycles. The highest BCUT2D eigenvalue weighted by molar-refractivity contribution is 7.99. The van der Waals surface area contributed by atoms with Crippen LogP contribution >= 0.6 is 11.8 Å². The van der Waals surface area contributed by atoms with Crippen LogP contribution in [0.15, 0.2) is 34.2 Å². The zero-order valence-corrected chi connectivity index (χ0v) is 17.4. The van der Waals surface area contributed by atoms with Crippen molar-refractivity contribution in [2.45, 2.75) is 57.1 Å². The summed E-state index contributed by atoms with van der Waals surface area (Å²) in [6, 6.07) is 7.46. The van der Waals surface area contributed by atoms with Crippen molar-refractivity contribution in [3.63, 3.8) is 0 Å². The highest BCUT2D eigenvalue weighted by atomic mass is 32.2. The molecule has 2 aliphatic rings. The van der Waals surface area contributed by atoms with E-state index in [1.165, 1.54) is 37.4 Å². The number of fused-ring (bicyclic) bond motifs is 2. The van der Waals surface area contributed by atoms with Crippen molar-refractivity contribution in [3.8, 4) is 0 Å². The number of hydrogen-bond donors (Lipinski definition) is 0. The second-order valence-electron chi connectivity index (χ2n) is 8.09. The summed E-state index contributed by atoms with van der Waals surface area (Å²) in [7, 11) is 0. The van der Waals surface area contributed by atoms with E-state index in [4.69, 9.17) is 4.98 Å². The number of piperidine rings is 1. The van der Waals surface area contributed by atoms with Crippen LogP contribution in [0.4, 0.5) is 0 Å². The summed E-state index contributed by atoms with van der Waals surface area (Å²) in [5.41, 5.74) is 0.697. The first-order chi connectivity index (χ1) is 13.7. The van der Waals surface area contributed by atoms with Gasteiger partial charge in [-0.15, -0.1) is 0 Å². The molecule has 150 valence electrons. The lowest BCUT2D eigenvalue weighted by atomic mass is 9.75. The van der Waals surface area contributed by atoms with E-state index < -0.39 is 0 Å². The minimum atomic E-state index is -0.00887. The Balaban J connectivity index is 1.48. The van der Waals surface area contributed by atoms with Crippen LogP contribution in [0.2, 0.25) is 0 Å². The molecular formula is C22H29N3O2S. The van der Waals surface area contributed by atoms with E-state index in [1.54, 1.807) is 4.57 Å².